The summed E-state index contributed by atoms with van der Waals surface area (Å²) in [5, 5.41) is 0. The van der Waals surface area contributed by atoms with E-state index in [0.29, 0.717) is 0 Å². The molecule has 0 atom stereocenters. The fraction of sp³-hybridized carbons (Fsp3) is 0.400. The van der Waals surface area contributed by atoms with Crippen molar-refractivity contribution < 1.29 is 0 Å². The molecular weight excluding hydrogens is 222 g/mol. The van der Waals surface area contributed by atoms with E-state index in [1.165, 1.54) is 6.33 Å². The van der Waals surface area contributed by atoms with E-state index in [0.717, 1.165) is 0 Å². The van der Waals surface area contributed by atoms with Gasteiger partial charge in [-0.25, -0.2) is 9.97 Å². The molecule has 0 aliphatic carbocycles. The Morgan fingerprint density at radius 2 is 0.889 bits per heavy atom. The fourth-order valence-electron chi connectivity index (χ4n) is 0.566. The molecule has 0 fully saturated rings. The second-order valence-electron chi connectivity index (χ2n) is 1.93. The average molecular weight is 251 g/mol. The zero-order valence-electron chi connectivity index (χ0n) is 10.5. The zero-order chi connectivity index (χ0) is 12.5. The Kier molecular flexibility index (Phi) is 41.2. The van der Waals surface area contributed by atoms with Crippen LogP contribution in [-0.2, 0) is 0 Å². The highest BCUT2D eigenvalue weighted by Crippen LogP contribution is 1.73. The van der Waals surface area contributed by atoms with Crippen LogP contribution in [0.3, 0.4) is 0 Å². The summed E-state index contributed by atoms with van der Waals surface area (Å²) < 4.78 is 0. The van der Waals surface area contributed by atoms with Crippen LogP contribution < -0.4 is 0 Å². The molecule has 0 spiro atoms. The second-order valence-corrected chi connectivity index (χ2v) is 1.93. The first-order chi connectivity index (χ1) is 8.00. The van der Waals surface area contributed by atoms with Gasteiger partial charge in [0.15, 0.2) is 0 Å². The van der Waals surface area contributed by atoms with Gasteiger partial charge in [0, 0.05) is 24.8 Å². The van der Waals surface area contributed by atoms with E-state index in [-0.39, 0.29) is 14.9 Å². The summed E-state index contributed by atoms with van der Waals surface area (Å²) in [4.78, 5) is 11.1. The van der Waals surface area contributed by atoms with Crippen molar-refractivity contribution >= 4 is 0 Å². The number of pyridine rings is 1. The van der Waals surface area contributed by atoms with Gasteiger partial charge in [0.05, 0.1) is 0 Å². The molecule has 2 heterocycles. The van der Waals surface area contributed by atoms with Gasteiger partial charge in [0.1, 0.15) is 6.33 Å². The van der Waals surface area contributed by atoms with Crippen LogP contribution in [0, 0.1) is 0 Å². The number of nitrogens with zero attached hydrogens (tertiary/aromatic N) is 3. The molecule has 2 aromatic rings. The van der Waals surface area contributed by atoms with Gasteiger partial charge in [-0.05, 0) is 18.2 Å². The lowest BCUT2D eigenvalue weighted by Gasteiger charge is -1.70. The van der Waals surface area contributed by atoms with Gasteiger partial charge in [-0.15, -0.1) is 0 Å². The molecule has 0 radical (unpaired) electrons. The predicted octanol–water partition coefficient (Wildman–Crippen LogP) is 4.88. The van der Waals surface area contributed by atoms with Crippen molar-refractivity contribution in [3.63, 3.8) is 0 Å². The van der Waals surface area contributed by atoms with Gasteiger partial charge in [-0.1, -0.05) is 48.6 Å². The molecule has 3 heteroatoms. The lowest BCUT2D eigenvalue weighted by molar-refractivity contribution is 1.17. The Labute approximate surface area is 113 Å². The molecule has 18 heavy (non-hydrogen) atoms. The number of hydrogen-bond donors (Lipinski definition) is 0. The molecule has 2 rings (SSSR count). The maximum absolute atomic E-state index is 3.78. The smallest absolute Gasteiger partial charge is 0.115 e. The topological polar surface area (TPSA) is 38.7 Å². The van der Waals surface area contributed by atoms with Gasteiger partial charge in [-0.2, -0.15) is 0 Å². The normalized spacial score (nSPS) is 6.00. The summed E-state index contributed by atoms with van der Waals surface area (Å²) in [7, 11) is 0. The third kappa shape index (κ3) is 23.8. The van der Waals surface area contributed by atoms with E-state index in [1.54, 1.807) is 30.9 Å². The molecular formula is C15H29N3. The van der Waals surface area contributed by atoms with Crippen LogP contribution in [0.25, 0.3) is 0 Å². The van der Waals surface area contributed by atoms with E-state index in [2.05, 4.69) is 15.0 Å². The minimum absolute atomic E-state index is 0. The number of hydrogen-bond acceptors (Lipinski definition) is 3. The van der Waals surface area contributed by atoms with Gasteiger partial charge in [-0.3, -0.25) is 4.98 Å². The predicted molar refractivity (Wildman–Crippen MR) is 82.4 cm³/mol. The molecule has 0 N–H and O–H groups in total. The zero-order valence-corrected chi connectivity index (χ0v) is 10.5. The van der Waals surface area contributed by atoms with Crippen molar-refractivity contribution in [1.29, 1.82) is 0 Å². The molecule has 104 valence electrons. The Hall–Kier alpha value is -1.77. The maximum Gasteiger partial charge on any atom is 0.115 e. The van der Waals surface area contributed by atoms with Crippen LogP contribution >= 0.6 is 0 Å². The first kappa shape index (κ1) is 25.2. The highest BCUT2D eigenvalue weighted by molar-refractivity contribution is 4.88. The summed E-state index contributed by atoms with van der Waals surface area (Å²) in [5.74, 6) is 0. The fourth-order valence-corrected chi connectivity index (χ4v) is 0.566. The minimum atomic E-state index is 0. The first-order valence-corrected chi connectivity index (χ1v) is 5.55. The van der Waals surface area contributed by atoms with E-state index in [1.807, 2.05) is 45.9 Å². The summed E-state index contributed by atoms with van der Waals surface area (Å²) in [5.41, 5.74) is 0. The second kappa shape index (κ2) is 29.5. The minimum Gasteiger partial charge on any atom is -0.265 e. The summed E-state index contributed by atoms with van der Waals surface area (Å²) in [6.07, 6.45) is 8.38. The van der Waals surface area contributed by atoms with Gasteiger partial charge in [0.25, 0.3) is 0 Å². The highest BCUT2D eigenvalue weighted by atomic mass is 14.8. The van der Waals surface area contributed by atoms with E-state index < -0.39 is 0 Å². The monoisotopic (exact) mass is 251 g/mol. The third-order valence-corrected chi connectivity index (χ3v) is 1.04. The van der Waals surface area contributed by atoms with E-state index in [4.69, 9.17) is 0 Å². The Morgan fingerprint density at radius 3 is 1.00 bits per heavy atom. The first-order valence-electron chi connectivity index (χ1n) is 5.55. The quantitative estimate of drug-likeness (QED) is 0.669. The van der Waals surface area contributed by atoms with Crippen molar-refractivity contribution in [3.05, 3.63) is 55.4 Å². The van der Waals surface area contributed by atoms with E-state index >= 15 is 0 Å². The lowest BCUT2D eigenvalue weighted by atomic mass is 10.5. The SMILES string of the molecule is C.C.CC.CC.c1ccncc1.c1cncnc1. The summed E-state index contributed by atoms with van der Waals surface area (Å²) >= 11 is 0. The van der Waals surface area contributed by atoms with Gasteiger partial charge in [0.2, 0.25) is 0 Å². The molecule has 0 aliphatic rings. The van der Waals surface area contributed by atoms with E-state index in [9.17, 15) is 0 Å². The maximum atomic E-state index is 3.78. The molecule has 0 bridgehead atoms. The van der Waals surface area contributed by atoms with Crippen molar-refractivity contribution in [3.8, 4) is 0 Å². The average Bonchev–Trinajstić information content (AvgIpc) is 2.48. The standard InChI is InChI=1S/C5H5N.C4H4N2.2C2H6.2CH4/c1-2-4-6-5-3-1;1-2-5-4-6-3-1;2*1-2;;/h1-5H;1-4H;2*1-2H3;2*1H4. The number of rotatable bonds is 0. The van der Waals surface area contributed by atoms with Crippen LogP contribution in [0.1, 0.15) is 42.5 Å². The lowest BCUT2D eigenvalue weighted by Crippen LogP contribution is -1.66. The molecule has 0 saturated heterocycles. The van der Waals surface area contributed by atoms with Crippen LogP contribution in [0.4, 0.5) is 0 Å². The third-order valence-electron chi connectivity index (χ3n) is 1.04. The van der Waals surface area contributed by atoms with Gasteiger partial charge < -0.3 is 0 Å². The molecule has 0 amide bonds. The van der Waals surface area contributed by atoms with Crippen molar-refractivity contribution in [1.82, 2.24) is 15.0 Å². The van der Waals surface area contributed by atoms with Crippen molar-refractivity contribution in [2.24, 2.45) is 0 Å². The van der Waals surface area contributed by atoms with Crippen LogP contribution in [-0.4, -0.2) is 15.0 Å². The molecule has 2 aromatic heterocycles. The number of aromatic nitrogens is 3. The van der Waals surface area contributed by atoms with Crippen LogP contribution in [0.2, 0.25) is 0 Å². The van der Waals surface area contributed by atoms with Crippen molar-refractivity contribution in [2.45, 2.75) is 42.5 Å². The van der Waals surface area contributed by atoms with Crippen molar-refractivity contribution in [2.75, 3.05) is 0 Å². The Morgan fingerprint density at radius 1 is 0.500 bits per heavy atom. The molecule has 0 unspecified atom stereocenters. The van der Waals surface area contributed by atoms with Crippen LogP contribution in [0.15, 0.2) is 55.4 Å². The highest BCUT2D eigenvalue weighted by Gasteiger charge is 1.59. The molecule has 0 aromatic carbocycles. The largest absolute Gasteiger partial charge is 0.265 e. The van der Waals surface area contributed by atoms with Crippen LogP contribution in [0.5, 0.6) is 0 Å². The Balaban J connectivity index is -0.0000000787. The molecule has 0 aliphatic heterocycles. The van der Waals surface area contributed by atoms with Gasteiger partial charge >= 0.3 is 0 Å². The molecule has 3 nitrogen and oxygen atoms in total. The summed E-state index contributed by atoms with van der Waals surface area (Å²) in [6.45, 7) is 8.00. The summed E-state index contributed by atoms with van der Waals surface area (Å²) in [6, 6.07) is 7.49. The Bertz CT molecular complexity index is 187. The molecule has 0 saturated carbocycles.